The van der Waals surface area contributed by atoms with Crippen LogP contribution in [-0.4, -0.2) is 10.1 Å². The molecule has 0 radical (unpaired) electrons. The highest BCUT2D eigenvalue weighted by Crippen LogP contribution is 2.25. The topological polar surface area (TPSA) is 33.1 Å². The Kier molecular flexibility index (Phi) is 3.48. The minimum Gasteiger partial charge on any atom is -0.385 e. The fraction of sp³-hybridized carbons (Fsp3) is 0.211. The molecule has 2 aromatic carbocycles. The Hall–Kier alpha value is -2.19. The van der Waals surface area contributed by atoms with Crippen LogP contribution in [0.2, 0.25) is 0 Å². The molecule has 0 amide bonds. The molecule has 106 valence electrons. The van der Waals surface area contributed by atoms with E-state index < -0.39 is 5.60 Å². The molecule has 1 atom stereocenters. The van der Waals surface area contributed by atoms with Gasteiger partial charge in [-0.05, 0) is 31.5 Å². The molecule has 1 aromatic heterocycles. The van der Waals surface area contributed by atoms with Gasteiger partial charge in [0.05, 0.1) is 11.1 Å². The molecule has 21 heavy (non-hydrogen) atoms. The van der Waals surface area contributed by atoms with Gasteiger partial charge in [0, 0.05) is 17.5 Å². The van der Waals surface area contributed by atoms with Crippen molar-refractivity contribution in [3.63, 3.8) is 0 Å². The molecule has 0 fully saturated rings. The van der Waals surface area contributed by atoms with Crippen molar-refractivity contribution in [2.24, 2.45) is 0 Å². The van der Waals surface area contributed by atoms with Crippen LogP contribution in [0, 0.1) is 6.92 Å². The average Bonchev–Trinajstić information content (AvgIpc) is 2.47. The number of pyridine rings is 1. The second-order valence-electron chi connectivity index (χ2n) is 5.81. The fourth-order valence-corrected chi connectivity index (χ4v) is 2.57. The second-order valence-corrected chi connectivity index (χ2v) is 5.81. The molecule has 1 N–H and O–H groups in total. The molecule has 3 rings (SSSR count). The SMILES string of the molecule is Cc1ccc(C(C)(O)Cc2ccc3ccccc3n2)cc1. The van der Waals surface area contributed by atoms with E-state index in [0.29, 0.717) is 6.42 Å². The molecule has 0 saturated carbocycles. The molecule has 0 spiro atoms. The number of aliphatic hydroxyl groups is 1. The van der Waals surface area contributed by atoms with E-state index in [4.69, 9.17) is 0 Å². The van der Waals surface area contributed by atoms with Crippen molar-refractivity contribution in [3.8, 4) is 0 Å². The van der Waals surface area contributed by atoms with Crippen LogP contribution in [0.15, 0.2) is 60.7 Å². The summed E-state index contributed by atoms with van der Waals surface area (Å²) in [5.74, 6) is 0. The van der Waals surface area contributed by atoms with Crippen molar-refractivity contribution in [2.75, 3.05) is 0 Å². The number of rotatable bonds is 3. The van der Waals surface area contributed by atoms with E-state index in [9.17, 15) is 5.11 Å². The van der Waals surface area contributed by atoms with Gasteiger partial charge in [-0.2, -0.15) is 0 Å². The van der Waals surface area contributed by atoms with Gasteiger partial charge in [0.25, 0.3) is 0 Å². The number of benzene rings is 2. The van der Waals surface area contributed by atoms with E-state index in [2.05, 4.69) is 11.1 Å². The largest absolute Gasteiger partial charge is 0.385 e. The molecular weight excluding hydrogens is 258 g/mol. The van der Waals surface area contributed by atoms with Gasteiger partial charge in [0.1, 0.15) is 0 Å². The van der Waals surface area contributed by atoms with Gasteiger partial charge in [-0.25, -0.2) is 0 Å². The average molecular weight is 277 g/mol. The van der Waals surface area contributed by atoms with Crippen molar-refractivity contribution in [1.29, 1.82) is 0 Å². The molecule has 0 aliphatic carbocycles. The van der Waals surface area contributed by atoms with Gasteiger partial charge in [0.2, 0.25) is 0 Å². The van der Waals surface area contributed by atoms with E-state index in [0.717, 1.165) is 22.2 Å². The normalized spacial score (nSPS) is 14.0. The maximum Gasteiger partial charge on any atom is 0.0923 e. The quantitative estimate of drug-likeness (QED) is 0.785. The van der Waals surface area contributed by atoms with E-state index >= 15 is 0 Å². The Morgan fingerprint density at radius 1 is 0.952 bits per heavy atom. The summed E-state index contributed by atoms with van der Waals surface area (Å²) in [6.45, 7) is 3.89. The summed E-state index contributed by atoms with van der Waals surface area (Å²) < 4.78 is 0. The highest BCUT2D eigenvalue weighted by Gasteiger charge is 2.24. The van der Waals surface area contributed by atoms with Crippen molar-refractivity contribution in [3.05, 3.63) is 77.5 Å². The first-order chi connectivity index (χ1) is 10.0. The molecule has 2 nitrogen and oxygen atoms in total. The Morgan fingerprint density at radius 3 is 2.43 bits per heavy atom. The van der Waals surface area contributed by atoms with Crippen molar-refractivity contribution < 1.29 is 5.11 Å². The first-order valence-electron chi connectivity index (χ1n) is 7.19. The van der Waals surface area contributed by atoms with Crippen LogP contribution < -0.4 is 0 Å². The van der Waals surface area contributed by atoms with Crippen LogP contribution in [0.5, 0.6) is 0 Å². The highest BCUT2D eigenvalue weighted by atomic mass is 16.3. The lowest BCUT2D eigenvalue weighted by Gasteiger charge is -2.23. The van der Waals surface area contributed by atoms with Crippen LogP contribution in [0.3, 0.4) is 0 Å². The Morgan fingerprint density at radius 2 is 1.67 bits per heavy atom. The zero-order chi connectivity index (χ0) is 14.9. The third-order valence-corrected chi connectivity index (χ3v) is 3.85. The van der Waals surface area contributed by atoms with Crippen LogP contribution in [0.4, 0.5) is 0 Å². The molecule has 0 saturated heterocycles. The van der Waals surface area contributed by atoms with Gasteiger partial charge in [-0.15, -0.1) is 0 Å². The third kappa shape index (κ3) is 2.96. The number of aryl methyl sites for hydroxylation is 1. The van der Waals surface area contributed by atoms with Gasteiger partial charge in [-0.1, -0.05) is 54.1 Å². The third-order valence-electron chi connectivity index (χ3n) is 3.85. The molecule has 1 heterocycles. The molecule has 1 unspecified atom stereocenters. The van der Waals surface area contributed by atoms with Gasteiger partial charge >= 0.3 is 0 Å². The zero-order valence-electron chi connectivity index (χ0n) is 12.4. The fourth-order valence-electron chi connectivity index (χ4n) is 2.57. The Labute approximate surface area is 125 Å². The van der Waals surface area contributed by atoms with E-state index in [-0.39, 0.29) is 0 Å². The Bertz CT molecular complexity index is 760. The van der Waals surface area contributed by atoms with Crippen molar-refractivity contribution in [1.82, 2.24) is 4.98 Å². The highest BCUT2D eigenvalue weighted by molar-refractivity contribution is 5.78. The molecule has 3 aromatic rings. The predicted octanol–water partition coefficient (Wildman–Crippen LogP) is 3.99. The Balaban J connectivity index is 1.91. The standard InChI is InChI=1S/C19H19NO/c1-14-7-10-16(11-8-14)19(2,21)13-17-12-9-15-5-3-4-6-18(15)20-17/h3-12,21H,13H2,1-2H3. The summed E-state index contributed by atoms with van der Waals surface area (Å²) in [7, 11) is 0. The molecular formula is C19H19NO. The lowest BCUT2D eigenvalue weighted by Crippen LogP contribution is -2.24. The van der Waals surface area contributed by atoms with Gasteiger partial charge in [0.15, 0.2) is 0 Å². The van der Waals surface area contributed by atoms with Gasteiger partial charge < -0.3 is 5.11 Å². The van der Waals surface area contributed by atoms with Crippen LogP contribution >= 0.6 is 0 Å². The van der Waals surface area contributed by atoms with E-state index in [1.54, 1.807) is 0 Å². The monoisotopic (exact) mass is 277 g/mol. The van der Waals surface area contributed by atoms with E-state index in [1.165, 1.54) is 5.56 Å². The number of para-hydroxylation sites is 1. The first-order valence-corrected chi connectivity index (χ1v) is 7.19. The van der Waals surface area contributed by atoms with Crippen molar-refractivity contribution >= 4 is 10.9 Å². The summed E-state index contributed by atoms with van der Waals surface area (Å²) in [5, 5.41) is 11.9. The summed E-state index contributed by atoms with van der Waals surface area (Å²) in [6, 6.07) is 20.1. The summed E-state index contributed by atoms with van der Waals surface area (Å²) in [5.41, 5.74) is 3.07. The molecule has 0 aliphatic rings. The second kappa shape index (κ2) is 5.30. The van der Waals surface area contributed by atoms with Crippen LogP contribution in [-0.2, 0) is 12.0 Å². The van der Waals surface area contributed by atoms with Gasteiger partial charge in [-0.3, -0.25) is 4.98 Å². The first kappa shape index (κ1) is 13.8. The lowest BCUT2D eigenvalue weighted by molar-refractivity contribution is 0.0567. The maximum atomic E-state index is 10.8. The summed E-state index contributed by atoms with van der Waals surface area (Å²) >= 11 is 0. The number of hydrogen-bond acceptors (Lipinski definition) is 2. The summed E-state index contributed by atoms with van der Waals surface area (Å²) in [4.78, 5) is 4.64. The minimum absolute atomic E-state index is 0.501. The number of nitrogens with zero attached hydrogens (tertiary/aromatic N) is 1. The number of hydrogen-bond donors (Lipinski definition) is 1. The lowest BCUT2D eigenvalue weighted by atomic mass is 9.90. The van der Waals surface area contributed by atoms with Crippen LogP contribution in [0.25, 0.3) is 10.9 Å². The minimum atomic E-state index is -0.914. The summed E-state index contributed by atoms with van der Waals surface area (Å²) in [6.07, 6.45) is 0.501. The smallest absolute Gasteiger partial charge is 0.0923 e. The number of aromatic nitrogens is 1. The zero-order valence-corrected chi connectivity index (χ0v) is 12.4. The molecule has 0 aliphatic heterocycles. The molecule has 2 heteroatoms. The van der Waals surface area contributed by atoms with Crippen molar-refractivity contribution in [2.45, 2.75) is 25.9 Å². The predicted molar refractivity (Wildman–Crippen MR) is 86.2 cm³/mol. The molecule has 0 bridgehead atoms. The van der Waals surface area contributed by atoms with Crippen LogP contribution in [0.1, 0.15) is 23.7 Å². The number of fused-ring (bicyclic) bond motifs is 1. The maximum absolute atomic E-state index is 10.8. The van der Waals surface area contributed by atoms with E-state index in [1.807, 2.05) is 68.4 Å².